The third-order valence-electron chi connectivity index (χ3n) is 3.94. The molecule has 1 atom stereocenters. The lowest BCUT2D eigenvalue weighted by Crippen LogP contribution is -2.29. The Morgan fingerprint density at radius 3 is 2.18 bits per heavy atom. The van der Waals surface area contributed by atoms with Crippen LogP contribution < -0.4 is 11.5 Å². The van der Waals surface area contributed by atoms with Crippen LogP contribution in [-0.2, 0) is 6.42 Å². The van der Waals surface area contributed by atoms with Gasteiger partial charge in [-0.05, 0) is 42.9 Å². The Labute approximate surface area is 104 Å². The highest BCUT2D eigenvalue weighted by atomic mass is 14.8. The molecule has 2 heteroatoms. The van der Waals surface area contributed by atoms with Crippen LogP contribution in [0.5, 0.6) is 0 Å². The van der Waals surface area contributed by atoms with Gasteiger partial charge in [-0.15, -0.1) is 0 Å². The molecule has 0 heterocycles. The second-order valence-electron chi connectivity index (χ2n) is 5.88. The van der Waals surface area contributed by atoms with Crippen molar-refractivity contribution in [1.29, 1.82) is 0 Å². The van der Waals surface area contributed by atoms with Crippen LogP contribution in [0.2, 0.25) is 0 Å². The van der Waals surface area contributed by atoms with Crippen molar-refractivity contribution >= 4 is 0 Å². The fraction of sp³-hybridized carbons (Fsp3) is 0.600. The van der Waals surface area contributed by atoms with Gasteiger partial charge in [0.25, 0.3) is 0 Å². The highest BCUT2D eigenvalue weighted by Gasteiger charge is 2.46. The molecule has 1 aromatic carbocycles. The highest BCUT2D eigenvalue weighted by molar-refractivity contribution is 5.28. The predicted octanol–water partition coefficient (Wildman–Crippen LogP) is 2.62. The summed E-state index contributed by atoms with van der Waals surface area (Å²) in [5, 5.41) is 0. The molecule has 0 spiro atoms. The number of hydrogen-bond donors (Lipinski definition) is 2. The Balaban J connectivity index is 2.07. The summed E-state index contributed by atoms with van der Waals surface area (Å²) in [5.74, 6) is 0.702. The van der Waals surface area contributed by atoms with E-state index in [1.54, 1.807) is 0 Å². The normalized spacial score (nSPS) is 19.4. The molecule has 1 aliphatic carbocycles. The van der Waals surface area contributed by atoms with Crippen LogP contribution in [0.15, 0.2) is 24.3 Å². The second kappa shape index (κ2) is 4.79. The number of benzene rings is 1. The number of nitrogens with two attached hydrogens (primary N) is 2. The molecule has 2 nitrogen and oxygen atoms in total. The molecule has 94 valence electrons. The summed E-state index contributed by atoms with van der Waals surface area (Å²) in [5.41, 5.74) is 15.0. The quantitative estimate of drug-likeness (QED) is 0.820. The smallest absolute Gasteiger partial charge is 0.0364 e. The lowest BCUT2D eigenvalue weighted by atomic mass is 9.90. The zero-order valence-electron chi connectivity index (χ0n) is 10.9. The zero-order valence-corrected chi connectivity index (χ0v) is 10.9. The minimum Gasteiger partial charge on any atom is -0.330 e. The van der Waals surface area contributed by atoms with E-state index < -0.39 is 0 Å². The largest absolute Gasteiger partial charge is 0.330 e. The number of rotatable bonds is 5. The third-order valence-corrected chi connectivity index (χ3v) is 3.94. The summed E-state index contributed by atoms with van der Waals surface area (Å²) in [7, 11) is 0. The predicted molar refractivity (Wildman–Crippen MR) is 72.6 cm³/mol. The molecule has 2 rings (SSSR count). The molecular formula is C15H24N2. The fourth-order valence-electron chi connectivity index (χ4n) is 2.49. The standard InChI is InChI=1S/C15H24N2/c1-11(2)9-12-3-5-13(6-4-12)14(17)15(10-16)7-8-15/h3-6,11,14H,7-10,16-17H2,1-2H3. The Bertz CT molecular complexity index is 363. The van der Waals surface area contributed by atoms with Gasteiger partial charge in [-0.1, -0.05) is 38.1 Å². The van der Waals surface area contributed by atoms with Gasteiger partial charge in [0.05, 0.1) is 0 Å². The monoisotopic (exact) mass is 232 g/mol. The molecule has 0 radical (unpaired) electrons. The Kier molecular flexibility index (Phi) is 3.55. The van der Waals surface area contributed by atoms with E-state index in [0.717, 1.165) is 6.42 Å². The van der Waals surface area contributed by atoms with E-state index in [-0.39, 0.29) is 11.5 Å². The Morgan fingerprint density at radius 1 is 1.18 bits per heavy atom. The maximum Gasteiger partial charge on any atom is 0.0364 e. The van der Waals surface area contributed by atoms with Crippen LogP contribution in [-0.4, -0.2) is 6.54 Å². The van der Waals surface area contributed by atoms with Crippen LogP contribution in [0.3, 0.4) is 0 Å². The van der Waals surface area contributed by atoms with E-state index in [4.69, 9.17) is 11.5 Å². The SMILES string of the molecule is CC(C)Cc1ccc(C(N)C2(CN)CC2)cc1. The van der Waals surface area contributed by atoms with Crippen molar-refractivity contribution in [2.75, 3.05) is 6.54 Å². The van der Waals surface area contributed by atoms with E-state index in [1.807, 2.05) is 0 Å². The van der Waals surface area contributed by atoms with Gasteiger partial charge in [0.2, 0.25) is 0 Å². The van der Waals surface area contributed by atoms with E-state index >= 15 is 0 Å². The van der Waals surface area contributed by atoms with Gasteiger partial charge < -0.3 is 11.5 Å². The van der Waals surface area contributed by atoms with Crippen molar-refractivity contribution in [2.45, 2.75) is 39.2 Å². The second-order valence-corrected chi connectivity index (χ2v) is 5.88. The van der Waals surface area contributed by atoms with Gasteiger partial charge in [-0.25, -0.2) is 0 Å². The van der Waals surface area contributed by atoms with E-state index in [2.05, 4.69) is 38.1 Å². The molecule has 0 amide bonds. The molecule has 1 fully saturated rings. The van der Waals surface area contributed by atoms with Crippen molar-refractivity contribution in [3.63, 3.8) is 0 Å². The molecule has 4 N–H and O–H groups in total. The summed E-state index contributed by atoms with van der Waals surface area (Å²) in [6.07, 6.45) is 3.49. The highest BCUT2D eigenvalue weighted by Crippen LogP contribution is 2.52. The van der Waals surface area contributed by atoms with E-state index in [1.165, 1.54) is 24.0 Å². The molecule has 1 aliphatic rings. The van der Waals surface area contributed by atoms with Crippen LogP contribution in [0.1, 0.15) is 43.9 Å². The van der Waals surface area contributed by atoms with Crippen LogP contribution in [0, 0.1) is 11.3 Å². The van der Waals surface area contributed by atoms with Crippen LogP contribution in [0.4, 0.5) is 0 Å². The minimum absolute atomic E-state index is 0.112. The fourth-order valence-corrected chi connectivity index (χ4v) is 2.49. The van der Waals surface area contributed by atoms with Crippen molar-refractivity contribution in [3.05, 3.63) is 35.4 Å². The zero-order chi connectivity index (χ0) is 12.5. The molecule has 1 unspecified atom stereocenters. The third kappa shape index (κ3) is 2.70. The van der Waals surface area contributed by atoms with Crippen molar-refractivity contribution in [3.8, 4) is 0 Å². The molecule has 0 aromatic heterocycles. The van der Waals surface area contributed by atoms with Gasteiger partial charge >= 0.3 is 0 Å². The molecule has 17 heavy (non-hydrogen) atoms. The van der Waals surface area contributed by atoms with Crippen LogP contribution >= 0.6 is 0 Å². The maximum atomic E-state index is 6.32. The van der Waals surface area contributed by atoms with Gasteiger partial charge in [0.15, 0.2) is 0 Å². The molecule has 0 bridgehead atoms. The Morgan fingerprint density at radius 2 is 1.76 bits per heavy atom. The van der Waals surface area contributed by atoms with Crippen molar-refractivity contribution in [2.24, 2.45) is 22.8 Å². The summed E-state index contributed by atoms with van der Waals surface area (Å²) < 4.78 is 0. The minimum atomic E-state index is 0.112. The van der Waals surface area contributed by atoms with E-state index in [9.17, 15) is 0 Å². The first kappa shape index (κ1) is 12.6. The topological polar surface area (TPSA) is 52.0 Å². The lowest BCUT2D eigenvalue weighted by Gasteiger charge is -2.22. The first-order valence-corrected chi connectivity index (χ1v) is 6.62. The van der Waals surface area contributed by atoms with Crippen molar-refractivity contribution < 1.29 is 0 Å². The lowest BCUT2D eigenvalue weighted by molar-refractivity contribution is 0.419. The first-order valence-electron chi connectivity index (χ1n) is 6.62. The number of hydrogen-bond acceptors (Lipinski definition) is 2. The van der Waals surface area contributed by atoms with Gasteiger partial charge in [-0.2, -0.15) is 0 Å². The van der Waals surface area contributed by atoms with Gasteiger partial charge in [0, 0.05) is 11.5 Å². The summed E-state index contributed by atoms with van der Waals surface area (Å²) in [6, 6.07) is 8.89. The van der Waals surface area contributed by atoms with Crippen molar-refractivity contribution in [1.82, 2.24) is 0 Å². The van der Waals surface area contributed by atoms with Gasteiger partial charge in [-0.3, -0.25) is 0 Å². The van der Waals surface area contributed by atoms with Gasteiger partial charge in [0.1, 0.15) is 0 Å². The van der Waals surface area contributed by atoms with Crippen LogP contribution in [0.25, 0.3) is 0 Å². The maximum absolute atomic E-state index is 6.32. The Hall–Kier alpha value is -0.860. The summed E-state index contributed by atoms with van der Waals surface area (Å²) in [6.45, 7) is 5.20. The molecule has 1 aromatic rings. The first-order chi connectivity index (χ1) is 8.07. The van der Waals surface area contributed by atoms with E-state index in [0.29, 0.717) is 12.5 Å². The molecule has 0 saturated heterocycles. The summed E-state index contributed by atoms with van der Waals surface area (Å²) >= 11 is 0. The molecular weight excluding hydrogens is 208 g/mol. The molecule has 1 saturated carbocycles. The molecule has 0 aliphatic heterocycles. The summed E-state index contributed by atoms with van der Waals surface area (Å²) in [4.78, 5) is 0. The average Bonchev–Trinajstić information content (AvgIpc) is 3.09. The average molecular weight is 232 g/mol.